The van der Waals surface area contributed by atoms with Gasteiger partial charge in [0.1, 0.15) is 0 Å². The van der Waals surface area contributed by atoms with Crippen molar-refractivity contribution >= 4 is 12.6 Å². The fourth-order valence-corrected chi connectivity index (χ4v) is 0. The zero-order chi connectivity index (χ0) is 2.71. The molecular weight excluding hydrogens is 101 g/mol. The minimum atomic E-state index is 0. The fraction of sp³-hybridized carbons (Fsp3) is 0. The molecule has 0 aromatic heterocycles. The first kappa shape index (κ1) is 9.02. The third kappa shape index (κ3) is 10.2. The summed E-state index contributed by atoms with van der Waals surface area (Å²) in [6.07, 6.45) is 0. The fourth-order valence-electron chi connectivity index (χ4n) is 0. The van der Waals surface area contributed by atoms with Gasteiger partial charge in [0, 0.05) is 0 Å². The summed E-state index contributed by atoms with van der Waals surface area (Å²) in [5.74, 6) is 0. The number of hydrogen-bond acceptors (Lipinski definition) is 2. The van der Waals surface area contributed by atoms with E-state index in [-0.39, 0.29) is 51.4 Å². The first-order chi connectivity index (χ1) is 1.41. The maximum absolute atomic E-state index is 7.13. The molecule has 0 saturated carbocycles. The normalized spacial score (nSPS) is 1.75. The van der Waals surface area contributed by atoms with Crippen LogP contribution in [0.15, 0.2) is 0 Å². The molecule has 16 valence electrons. The van der Waals surface area contributed by atoms with Gasteiger partial charge in [-0.05, 0) is 0 Å². The molecule has 0 spiro atoms. The molecule has 0 bridgehead atoms. The van der Waals surface area contributed by atoms with Crippen LogP contribution in [0.2, 0.25) is 0 Å². The molecule has 0 saturated heterocycles. The molecule has 0 unspecified atom stereocenters. The van der Waals surface area contributed by atoms with E-state index in [1.54, 1.807) is 0 Å². The van der Waals surface area contributed by atoms with Crippen molar-refractivity contribution in [2.24, 2.45) is 0 Å². The standard InChI is InChI=1S/CHNS.K/c2-1-3;/h3H;/q;+1/p-1/i1+1,2+1,3+2;. The molecule has 0 radical (unpaired) electrons. The third-order valence-corrected chi connectivity index (χ3v) is 0. The second-order valence-corrected chi connectivity index (χ2v) is 0.274. The van der Waals surface area contributed by atoms with Crippen molar-refractivity contribution in [3.63, 3.8) is 0 Å². The van der Waals surface area contributed by atoms with Gasteiger partial charge in [-0.25, -0.2) is 5.26 Å². The van der Waals surface area contributed by atoms with Gasteiger partial charge in [0.05, 0.1) is 0 Å². The summed E-state index contributed by atoms with van der Waals surface area (Å²) in [6, 6.07) is 0. The Kier molecular flexibility index (Phi) is 19.9. The molecule has 0 fully saturated rings. The van der Waals surface area contributed by atoms with Gasteiger partial charge in [-0.15, -0.1) is 0 Å². The molecule has 4 heavy (non-hydrogen) atoms. The van der Waals surface area contributed by atoms with Crippen LogP contribution in [0.25, 0.3) is 0 Å². The minimum absolute atomic E-state index is 0. The molecule has 0 aliphatic carbocycles. The van der Waals surface area contributed by atoms with Gasteiger partial charge in [0.25, 0.3) is 0 Å². The average molecular weight is 101 g/mol. The minimum Gasteiger partial charge on any atom is -0.696 e. The summed E-state index contributed by atoms with van der Waals surface area (Å²) in [6.45, 7) is 0. The van der Waals surface area contributed by atoms with E-state index in [1.807, 2.05) is 0 Å². The van der Waals surface area contributed by atoms with Gasteiger partial charge in [-0.2, -0.15) is 0 Å². The zero-order valence-electron chi connectivity index (χ0n) is 2.36. The van der Waals surface area contributed by atoms with Crippen LogP contribution in [-0.4, -0.2) is 0 Å². The Morgan fingerprint density at radius 1 is 1.75 bits per heavy atom. The van der Waals surface area contributed by atoms with E-state index in [0.717, 1.165) is 0 Å². The summed E-state index contributed by atoms with van der Waals surface area (Å²) < 4.78 is 0. The average Bonchev–Trinajstić information content (AvgIpc) is 0.918. The van der Waals surface area contributed by atoms with Gasteiger partial charge in [-0.3, -0.25) is 0 Å². The van der Waals surface area contributed by atoms with E-state index in [2.05, 4.69) is 12.6 Å². The smallest absolute Gasteiger partial charge is 0.696 e. The van der Waals surface area contributed by atoms with Crippen LogP contribution in [0, 0.1) is 10.7 Å². The summed E-state index contributed by atoms with van der Waals surface area (Å²) >= 11 is 3.70. The van der Waals surface area contributed by atoms with E-state index < -0.39 is 0 Å². The van der Waals surface area contributed by atoms with Crippen LogP contribution in [0.5, 0.6) is 0 Å². The molecule has 0 heterocycles. The summed E-state index contributed by atoms with van der Waals surface area (Å²) in [4.78, 5) is 0. The second kappa shape index (κ2) is 8.84. The van der Waals surface area contributed by atoms with Crippen molar-refractivity contribution in [3.05, 3.63) is 0 Å². The van der Waals surface area contributed by atoms with Crippen molar-refractivity contribution in [1.29, 1.82) is 5.26 Å². The molecule has 3 heteroatoms. The van der Waals surface area contributed by atoms with Crippen LogP contribution < -0.4 is 51.4 Å². The van der Waals surface area contributed by atoms with Crippen molar-refractivity contribution in [2.45, 2.75) is 0 Å². The monoisotopic (exact) mass is 101 g/mol. The summed E-state index contributed by atoms with van der Waals surface area (Å²) in [5.41, 5.74) is 0. The van der Waals surface area contributed by atoms with Crippen LogP contribution in [0.3, 0.4) is 0 Å². The van der Waals surface area contributed by atoms with Crippen molar-refractivity contribution in [3.8, 4) is 5.40 Å². The van der Waals surface area contributed by atoms with Gasteiger partial charge < -0.3 is 12.6 Å². The van der Waals surface area contributed by atoms with Gasteiger partial charge in [0.2, 0.25) is 0 Å². The number of rotatable bonds is 0. The molecule has 0 atom stereocenters. The molecule has 0 N–H and O–H groups in total. The molecule has 0 aliphatic rings. The topological polar surface area (TPSA) is 23.8 Å². The quantitative estimate of drug-likeness (QED) is 0.0811. The van der Waals surface area contributed by atoms with Crippen LogP contribution in [0.4, 0.5) is 0 Å². The molecule has 0 aromatic carbocycles. The van der Waals surface area contributed by atoms with Crippen molar-refractivity contribution in [2.75, 3.05) is 0 Å². The number of thiocyanates is 1. The molecule has 0 aliphatic heterocycles. The molecule has 0 aromatic rings. The second-order valence-electron chi connectivity index (χ2n) is 0.0913. The van der Waals surface area contributed by atoms with Gasteiger partial charge >= 0.3 is 51.4 Å². The third-order valence-electron chi connectivity index (χ3n) is 0. The maximum Gasteiger partial charge on any atom is 1.00 e. The molecule has 0 rings (SSSR count). The number of nitrogens with zero attached hydrogens (tertiary/aromatic N) is 1. The van der Waals surface area contributed by atoms with E-state index in [1.165, 1.54) is 5.40 Å². The molecule has 1 nitrogen and oxygen atoms in total. The largest absolute Gasteiger partial charge is 1.00 e. The predicted molar refractivity (Wildman–Crippen MR) is 13.0 cm³/mol. The van der Waals surface area contributed by atoms with Gasteiger partial charge in [0.15, 0.2) is 0 Å². The van der Waals surface area contributed by atoms with Crippen molar-refractivity contribution in [1.82, 2.24) is 0 Å². The Morgan fingerprint density at radius 3 is 1.75 bits per heavy atom. The maximum atomic E-state index is 7.13. The van der Waals surface area contributed by atoms with Gasteiger partial charge in [-0.1, -0.05) is 5.40 Å². The molecule has 0 amide bonds. The van der Waals surface area contributed by atoms with E-state index >= 15 is 0 Å². The summed E-state index contributed by atoms with van der Waals surface area (Å²) in [7, 11) is 0. The van der Waals surface area contributed by atoms with E-state index in [9.17, 15) is 0 Å². The Morgan fingerprint density at radius 2 is 1.75 bits per heavy atom. The SMILES string of the molecule is [15N]#[13C][34S-].[K+]. The number of hydrogen-bond donors (Lipinski definition) is 0. The van der Waals surface area contributed by atoms with Crippen LogP contribution in [-0.2, 0) is 12.6 Å². The van der Waals surface area contributed by atoms with Crippen LogP contribution in [0.1, 0.15) is 0 Å². The predicted octanol–water partition coefficient (Wildman–Crippen LogP) is -2.98. The Labute approximate surface area is 73.2 Å². The number of nitriles is 1. The van der Waals surface area contributed by atoms with E-state index in [0.29, 0.717) is 0 Å². The summed E-state index contributed by atoms with van der Waals surface area (Å²) in [5, 5.41) is 8.47. The van der Waals surface area contributed by atoms with Crippen LogP contribution >= 0.6 is 0 Å². The van der Waals surface area contributed by atoms with Crippen molar-refractivity contribution < 1.29 is 51.4 Å². The van der Waals surface area contributed by atoms with E-state index in [4.69, 9.17) is 5.26 Å². The zero-order valence-corrected chi connectivity index (χ0v) is 6.30. The Bertz CT molecular complexity index is 29.5. The first-order valence-corrected chi connectivity index (χ1v) is 0.836. The first-order valence-electron chi connectivity index (χ1n) is 0.428. The molecular formula is CKNS. The Balaban J connectivity index is 0. The Hall–Kier alpha value is 1.35.